The van der Waals surface area contributed by atoms with Gasteiger partial charge in [0, 0.05) is 12.3 Å². The second-order valence-corrected chi connectivity index (χ2v) is 4.63. The van der Waals surface area contributed by atoms with Gasteiger partial charge < -0.3 is 9.47 Å². The van der Waals surface area contributed by atoms with Gasteiger partial charge in [0.1, 0.15) is 0 Å². The van der Waals surface area contributed by atoms with E-state index in [1.807, 2.05) is 12.1 Å². The van der Waals surface area contributed by atoms with Crippen molar-refractivity contribution in [3.05, 3.63) is 22.2 Å². The van der Waals surface area contributed by atoms with Crippen molar-refractivity contribution in [3.63, 3.8) is 0 Å². The summed E-state index contributed by atoms with van der Waals surface area (Å²) in [5.41, 5.74) is 1.17. The van der Waals surface area contributed by atoms with Crippen molar-refractivity contribution in [2.75, 3.05) is 19.1 Å². The monoisotopic (exact) mass is 290 g/mol. The normalized spacial score (nSPS) is 14.8. The van der Waals surface area contributed by atoms with Gasteiger partial charge in [0.15, 0.2) is 11.5 Å². The highest BCUT2D eigenvalue weighted by Crippen LogP contribution is 2.38. The van der Waals surface area contributed by atoms with E-state index in [2.05, 4.69) is 15.9 Å². The van der Waals surface area contributed by atoms with E-state index in [4.69, 9.17) is 21.1 Å². The zero-order valence-corrected chi connectivity index (χ0v) is 10.6. The first kappa shape index (κ1) is 11.1. The molecular formula is C11H12BrClO2. The number of fused-ring (bicyclic) bond motifs is 1. The van der Waals surface area contributed by atoms with Gasteiger partial charge in [-0.05, 0) is 40.0 Å². The number of hydrogen-bond acceptors (Lipinski definition) is 2. The predicted octanol–water partition coefficient (Wildman–Crippen LogP) is 3.39. The van der Waals surface area contributed by atoms with Crippen molar-refractivity contribution in [3.8, 4) is 11.5 Å². The Bertz CT molecular complexity index is 355. The van der Waals surface area contributed by atoms with Crippen molar-refractivity contribution in [1.82, 2.24) is 0 Å². The van der Waals surface area contributed by atoms with Crippen molar-refractivity contribution in [2.45, 2.75) is 12.8 Å². The van der Waals surface area contributed by atoms with Crippen LogP contribution in [0.1, 0.15) is 12.0 Å². The lowest BCUT2D eigenvalue weighted by atomic mass is 10.1. The summed E-state index contributed by atoms with van der Waals surface area (Å²) in [6.45, 7) is 1.42. The van der Waals surface area contributed by atoms with Crippen molar-refractivity contribution < 1.29 is 9.47 Å². The third-order valence-electron chi connectivity index (χ3n) is 2.25. The Kier molecular flexibility index (Phi) is 3.76. The highest BCUT2D eigenvalue weighted by Gasteiger charge is 2.14. The molecule has 15 heavy (non-hydrogen) atoms. The summed E-state index contributed by atoms with van der Waals surface area (Å²) in [5, 5.41) is 0. The van der Waals surface area contributed by atoms with E-state index in [1.54, 1.807) is 0 Å². The topological polar surface area (TPSA) is 18.5 Å². The number of ether oxygens (including phenoxy) is 2. The number of alkyl halides is 1. The molecule has 82 valence electrons. The molecule has 2 rings (SSSR count). The van der Waals surface area contributed by atoms with Crippen LogP contribution in [0.2, 0.25) is 0 Å². The van der Waals surface area contributed by atoms with Crippen LogP contribution in [0, 0.1) is 0 Å². The number of halogens is 2. The van der Waals surface area contributed by atoms with Gasteiger partial charge in [-0.3, -0.25) is 0 Å². The SMILES string of the molecule is ClCCc1cc(Br)c2c(c1)OCCCO2. The molecule has 0 saturated carbocycles. The first-order chi connectivity index (χ1) is 7.31. The van der Waals surface area contributed by atoms with Crippen LogP contribution in [0.3, 0.4) is 0 Å². The first-order valence-electron chi connectivity index (χ1n) is 4.95. The largest absolute Gasteiger partial charge is 0.490 e. The van der Waals surface area contributed by atoms with Crippen LogP contribution in [0.15, 0.2) is 16.6 Å². The highest BCUT2D eigenvalue weighted by molar-refractivity contribution is 9.10. The van der Waals surface area contributed by atoms with E-state index >= 15 is 0 Å². The average molecular weight is 292 g/mol. The van der Waals surface area contributed by atoms with Crippen LogP contribution < -0.4 is 9.47 Å². The van der Waals surface area contributed by atoms with Gasteiger partial charge in [-0.25, -0.2) is 0 Å². The summed E-state index contributed by atoms with van der Waals surface area (Å²) in [5.74, 6) is 2.25. The molecule has 2 nitrogen and oxygen atoms in total. The summed E-state index contributed by atoms with van der Waals surface area (Å²) in [6.07, 6.45) is 1.77. The lowest BCUT2D eigenvalue weighted by Crippen LogP contribution is -1.97. The fraction of sp³-hybridized carbons (Fsp3) is 0.455. The Morgan fingerprint density at radius 1 is 1.27 bits per heavy atom. The van der Waals surface area contributed by atoms with Crippen LogP contribution in [-0.2, 0) is 6.42 Å². The van der Waals surface area contributed by atoms with Crippen LogP contribution in [0.4, 0.5) is 0 Å². The van der Waals surface area contributed by atoms with Crippen molar-refractivity contribution in [2.24, 2.45) is 0 Å². The van der Waals surface area contributed by atoms with Gasteiger partial charge in [-0.1, -0.05) is 0 Å². The second kappa shape index (κ2) is 5.08. The maximum Gasteiger partial charge on any atom is 0.175 e. The maximum atomic E-state index is 5.72. The van der Waals surface area contributed by atoms with Gasteiger partial charge in [0.2, 0.25) is 0 Å². The number of hydrogen-bond donors (Lipinski definition) is 0. The average Bonchev–Trinajstić information content (AvgIpc) is 2.43. The van der Waals surface area contributed by atoms with Gasteiger partial charge in [-0.2, -0.15) is 0 Å². The van der Waals surface area contributed by atoms with Crippen LogP contribution in [0.5, 0.6) is 11.5 Å². The second-order valence-electron chi connectivity index (χ2n) is 3.39. The summed E-state index contributed by atoms with van der Waals surface area (Å²) < 4.78 is 12.2. The third kappa shape index (κ3) is 2.58. The summed E-state index contributed by atoms with van der Waals surface area (Å²) in [7, 11) is 0. The Balaban J connectivity index is 2.35. The molecule has 1 aromatic carbocycles. The van der Waals surface area contributed by atoms with Crippen LogP contribution in [-0.4, -0.2) is 19.1 Å². The molecule has 1 aliphatic rings. The zero-order valence-electron chi connectivity index (χ0n) is 8.26. The summed E-state index contributed by atoms with van der Waals surface area (Å²) in [4.78, 5) is 0. The molecule has 4 heteroatoms. The molecule has 0 aliphatic carbocycles. The van der Waals surface area contributed by atoms with Gasteiger partial charge in [-0.15, -0.1) is 11.6 Å². The predicted molar refractivity (Wildman–Crippen MR) is 64.2 cm³/mol. The molecule has 0 aromatic heterocycles. The molecule has 0 spiro atoms. The molecular weight excluding hydrogens is 279 g/mol. The molecule has 0 bridgehead atoms. The quantitative estimate of drug-likeness (QED) is 0.778. The third-order valence-corrected chi connectivity index (χ3v) is 3.02. The summed E-state index contributed by atoms with van der Waals surface area (Å²) in [6, 6.07) is 4.05. The molecule has 0 unspecified atom stereocenters. The van der Waals surface area contributed by atoms with Gasteiger partial charge >= 0.3 is 0 Å². The fourth-order valence-corrected chi connectivity index (χ4v) is 2.36. The Hall–Kier alpha value is -0.410. The van der Waals surface area contributed by atoms with E-state index in [1.165, 1.54) is 5.56 Å². The van der Waals surface area contributed by atoms with Gasteiger partial charge in [0.05, 0.1) is 17.7 Å². The van der Waals surface area contributed by atoms with E-state index < -0.39 is 0 Å². The molecule has 0 saturated heterocycles. The number of benzene rings is 1. The number of rotatable bonds is 2. The minimum absolute atomic E-state index is 0.617. The lowest BCUT2D eigenvalue weighted by molar-refractivity contribution is 0.296. The van der Waals surface area contributed by atoms with Crippen molar-refractivity contribution >= 4 is 27.5 Å². The maximum absolute atomic E-state index is 5.72. The van der Waals surface area contributed by atoms with Gasteiger partial charge in [0.25, 0.3) is 0 Å². The van der Waals surface area contributed by atoms with Crippen LogP contribution in [0.25, 0.3) is 0 Å². The first-order valence-corrected chi connectivity index (χ1v) is 6.28. The fourth-order valence-electron chi connectivity index (χ4n) is 1.54. The Morgan fingerprint density at radius 2 is 2.07 bits per heavy atom. The highest BCUT2D eigenvalue weighted by atomic mass is 79.9. The van der Waals surface area contributed by atoms with E-state index in [-0.39, 0.29) is 0 Å². The van der Waals surface area contributed by atoms with Crippen LogP contribution >= 0.6 is 27.5 Å². The van der Waals surface area contributed by atoms with Crippen molar-refractivity contribution in [1.29, 1.82) is 0 Å². The van der Waals surface area contributed by atoms with E-state index in [0.29, 0.717) is 19.1 Å². The minimum Gasteiger partial charge on any atom is -0.490 e. The van der Waals surface area contributed by atoms with E-state index in [0.717, 1.165) is 28.8 Å². The molecule has 0 fully saturated rings. The Morgan fingerprint density at radius 3 is 2.87 bits per heavy atom. The Labute approximate surface area is 103 Å². The molecule has 1 aromatic rings. The molecule has 0 amide bonds. The smallest absolute Gasteiger partial charge is 0.175 e. The molecule has 1 aliphatic heterocycles. The molecule has 0 atom stereocenters. The van der Waals surface area contributed by atoms with E-state index in [9.17, 15) is 0 Å². The summed E-state index contributed by atoms with van der Waals surface area (Å²) >= 11 is 9.21. The standard InChI is InChI=1S/C11H12BrClO2/c12-9-6-8(2-3-13)7-10-11(9)15-5-1-4-14-10/h6-7H,1-5H2. The number of aryl methyl sites for hydroxylation is 1. The molecule has 0 radical (unpaired) electrons. The zero-order chi connectivity index (χ0) is 10.7. The lowest BCUT2D eigenvalue weighted by Gasteiger charge is -2.11. The minimum atomic E-state index is 0.617. The molecule has 1 heterocycles. The molecule has 0 N–H and O–H groups in total.